The highest BCUT2D eigenvalue weighted by Gasteiger charge is 2.46. The molecule has 2 fully saturated rings. The van der Waals surface area contributed by atoms with Crippen molar-refractivity contribution in [1.82, 2.24) is 29.7 Å². The Morgan fingerprint density at radius 2 is 1.86 bits per heavy atom. The summed E-state index contributed by atoms with van der Waals surface area (Å²) in [6.07, 6.45) is -5.73. The van der Waals surface area contributed by atoms with E-state index in [4.69, 9.17) is 5.73 Å². The third kappa shape index (κ3) is 6.26. The summed E-state index contributed by atoms with van der Waals surface area (Å²) in [6, 6.07) is 5.63. The smallest absolute Gasteiger partial charge is 0.382 e. The lowest BCUT2D eigenvalue weighted by atomic mass is 10.0. The molecule has 0 radical (unpaired) electrons. The largest absolute Gasteiger partial charge is 0.400 e. The summed E-state index contributed by atoms with van der Waals surface area (Å²) in [7, 11) is 0. The molecule has 1 aromatic carbocycles. The minimum Gasteiger partial charge on any atom is -0.382 e. The zero-order valence-corrected chi connectivity index (χ0v) is 23.5. The second-order valence-corrected chi connectivity index (χ2v) is 11.2. The molecule has 15 heteroatoms. The molecule has 43 heavy (non-hydrogen) atoms. The molecule has 2 amide bonds. The van der Waals surface area contributed by atoms with Gasteiger partial charge in [-0.3, -0.25) is 14.5 Å². The van der Waals surface area contributed by atoms with Crippen LogP contribution in [-0.4, -0.2) is 86.7 Å². The zero-order valence-electron chi connectivity index (χ0n) is 23.5. The molecule has 2 aliphatic heterocycles. The monoisotopic (exact) mass is 611 g/mol. The van der Waals surface area contributed by atoms with Crippen LogP contribution in [-0.2, 0) is 11.3 Å². The van der Waals surface area contributed by atoms with Crippen LogP contribution in [0.5, 0.6) is 0 Å². The highest BCUT2D eigenvalue weighted by Crippen LogP contribution is 2.33. The average Bonchev–Trinajstić information content (AvgIpc) is 3.49. The van der Waals surface area contributed by atoms with Crippen LogP contribution in [0.3, 0.4) is 0 Å². The molecule has 5 rings (SSSR count). The number of carbonyl (C=O) groups excluding carboxylic acids is 2. The molecule has 3 unspecified atom stereocenters. The van der Waals surface area contributed by atoms with Gasteiger partial charge in [-0.25, -0.2) is 22.7 Å². The van der Waals surface area contributed by atoms with Crippen molar-refractivity contribution in [2.45, 2.75) is 57.5 Å². The van der Waals surface area contributed by atoms with E-state index in [1.54, 1.807) is 35.7 Å². The first-order valence-corrected chi connectivity index (χ1v) is 13.8. The molecule has 0 spiro atoms. The van der Waals surface area contributed by atoms with Gasteiger partial charge < -0.3 is 16.0 Å². The summed E-state index contributed by atoms with van der Waals surface area (Å²) in [5.74, 6) is -6.70. The fourth-order valence-electron chi connectivity index (χ4n) is 5.52. The van der Waals surface area contributed by atoms with Gasteiger partial charge in [-0.2, -0.15) is 18.3 Å². The molecule has 4 heterocycles. The minimum atomic E-state index is -4.76. The predicted molar refractivity (Wildman–Crippen MR) is 145 cm³/mol. The number of fused-ring (bicyclic) bond motifs is 1. The number of rotatable bonds is 6. The van der Waals surface area contributed by atoms with Gasteiger partial charge in [-0.15, -0.1) is 0 Å². The highest BCUT2D eigenvalue weighted by molar-refractivity contribution is 5.97. The molecule has 2 aliphatic rings. The molecule has 2 aromatic heterocycles. The first-order chi connectivity index (χ1) is 20.1. The summed E-state index contributed by atoms with van der Waals surface area (Å²) >= 11 is 0. The van der Waals surface area contributed by atoms with Crippen molar-refractivity contribution >= 4 is 23.1 Å². The highest BCUT2D eigenvalue weighted by atomic mass is 19.4. The Hall–Kier alpha value is -3.88. The molecule has 2 saturated heterocycles. The normalized spacial score (nSPS) is 21.7. The van der Waals surface area contributed by atoms with E-state index < -0.39 is 55.1 Å². The van der Waals surface area contributed by atoms with E-state index in [9.17, 15) is 35.9 Å². The number of alkyl halides is 6. The Morgan fingerprint density at radius 3 is 2.53 bits per heavy atom. The Kier molecular flexibility index (Phi) is 8.05. The second kappa shape index (κ2) is 11.3. The molecular formula is C28H31F6N7O2. The van der Waals surface area contributed by atoms with Crippen LogP contribution < -0.4 is 11.1 Å². The molecule has 0 bridgehead atoms. The topological polar surface area (TPSA) is 109 Å². The van der Waals surface area contributed by atoms with Crippen molar-refractivity contribution in [2.75, 3.05) is 31.9 Å². The molecule has 3 aromatic rings. The van der Waals surface area contributed by atoms with Crippen molar-refractivity contribution in [3.05, 3.63) is 47.3 Å². The Morgan fingerprint density at radius 1 is 1.16 bits per heavy atom. The van der Waals surface area contributed by atoms with Crippen LogP contribution in [0.15, 0.2) is 30.6 Å². The minimum absolute atomic E-state index is 0.190. The first kappa shape index (κ1) is 30.6. The van der Waals surface area contributed by atoms with Crippen LogP contribution in [0, 0.1) is 12.8 Å². The van der Waals surface area contributed by atoms with Gasteiger partial charge in [0.25, 0.3) is 11.8 Å². The molecule has 0 aliphatic carbocycles. The third-order valence-corrected chi connectivity index (χ3v) is 8.16. The number of anilines is 1. The van der Waals surface area contributed by atoms with Crippen LogP contribution >= 0.6 is 0 Å². The van der Waals surface area contributed by atoms with Crippen LogP contribution in [0.4, 0.5) is 32.2 Å². The summed E-state index contributed by atoms with van der Waals surface area (Å²) < 4.78 is 82.7. The van der Waals surface area contributed by atoms with Gasteiger partial charge in [0.05, 0.1) is 18.3 Å². The lowest BCUT2D eigenvalue weighted by molar-refractivity contribution is -0.185. The maximum Gasteiger partial charge on any atom is 0.400 e. The fraction of sp³-hybridized carbons (Fsp3) is 0.500. The van der Waals surface area contributed by atoms with E-state index >= 15 is 0 Å². The number of hydrogen-bond donors (Lipinski definition) is 2. The number of piperidine rings is 1. The van der Waals surface area contributed by atoms with E-state index in [0.717, 1.165) is 11.8 Å². The number of nitrogen functional groups attached to an aromatic ring is 1. The number of hydrogen-bond acceptors (Lipinski definition) is 6. The Bertz CT molecular complexity index is 1530. The van der Waals surface area contributed by atoms with Crippen molar-refractivity contribution in [1.29, 1.82) is 0 Å². The van der Waals surface area contributed by atoms with E-state index in [2.05, 4.69) is 15.4 Å². The van der Waals surface area contributed by atoms with Gasteiger partial charge in [0.15, 0.2) is 5.82 Å². The van der Waals surface area contributed by atoms with E-state index in [-0.39, 0.29) is 37.3 Å². The second-order valence-electron chi connectivity index (χ2n) is 11.2. The molecular weight excluding hydrogens is 580 g/mol. The lowest BCUT2D eigenvalue weighted by Crippen LogP contribution is -2.43. The van der Waals surface area contributed by atoms with Crippen molar-refractivity contribution in [3.63, 3.8) is 0 Å². The van der Waals surface area contributed by atoms with Gasteiger partial charge in [0.1, 0.15) is 23.9 Å². The standard InChI is InChI=1S/C28H31F6N7O2/c1-15-3-4-17(9-19(15)25(42)38-21-13-40(12-20(21)29)26(43)16(2)28(32,33)34)22-10-18(23-24(35)36-14-37-41(22)23)11-39-7-5-27(30,31)6-8-39/h3-4,9-10,14,16,20-21H,5-8,11-13H2,1-2H3,(H,38,42)(H2,35,36,37). The van der Waals surface area contributed by atoms with E-state index in [1.807, 2.05) is 4.90 Å². The molecule has 9 nitrogen and oxygen atoms in total. The first-order valence-electron chi connectivity index (χ1n) is 13.8. The van der Waals surface area contributed by atoms with Gasteiger partial charge in [-0.1, -0.05) is 12.1 Å². The number of aryl methyl sites for hydroxylation is 1. The van der Waals surface area contributed by atoms with Crippen molar-refractivity contribution < 1.29 is 35.9 Å². The zero-order chi connectivity index (χ0) is 31.3. The van der Waals surface area contributed by atoms with Crippen molar-refractivity contribution in [3.8, 4) is 11.3 Å². The SMILES string of the molecule is Cc1ccc(-c2cc(CN3CCC(F)(F)CC3)c3c(N)ncnn23)cc1C(=O)NC1CN(C(=O)C(C)C(F)(F)F)CC1F. The lowest BCUT2D eigenvalue weighted by Gasteiger charge is -2.31. The summed E-state index contributed by atoms with van der Waals surface area (Å²) in [5, 5.41) is 6.85. The fourth-order valence-corrected chi connectivity index (χ4v) is 5.52. The summed E-state index contributed by atoms with van der Waals surface area (Å²) in [5.41, 5.74) is 9.25. The molecule has 3 atom stereocenters. The number of benzene rings is 1. The van der Waals surface area contributed by atoms with Gasteiger partial charge >= 0.3 is 6.18 Å². The van der Waals surface area contributed by atoms with Gasteiger partial charge in [-0.05, 0) is 37.1 Å². The number of nitrogens with two attached hydrogens (primary N) is 1. The molecule has 232 valence electrons. The third-order valence-electron chi connectivity index (χ3n) is 8.16. The summed E-state index contributed by atoms with van der Waals surface area (Å²) in [4.78, 5) is 32.3. The quantitative estimate of drug-likeness (QED) is 0.408. The summed E-state index contributed by atoms with van der Waals surface area (Å²) in [6.45, 7) is 2.19. The van der Waals surface area contributed by atoms with Crippen LogP contribution in [0.25, 0.3) is 16.8 Å². The number of nitrogens with zero attached hydrogens (tertiary/aromatic N) is 5. The number of nitrogens with one attached hydrogen (secondary N) is 1. The van der Waals surface area contributed by atoms with Gasteiger partial charge in [0, 0.05) is 50.1 Å². The van der Waals surface area contributed by atoms with Crippen LogP contribution in [0.2, 0.25) is 0 Å². The number of likely N-dealkylation sites (tertiary alicyclic amines) is 2. The Balaban J connectivity index is 1.38. The van der Waals surface area contributed by atoms with Gasteiger partial charge in [0.2, 0.25) is 5.91 Å². The average molecular weight is 612 g/mol. The number of carbonyl (C=O) groups is 2. The van der Waals surface area contributed by atoms with Crippen LogP contribution in [0.1, 0.15) is 41.3 Å². The number of halogens is 6. The number of aromatic nitrogens is 3. The maximum atomic E-state index is 14.8. The number of amides is 2. The van der Waals surface area contributed by atoms with E-state index in [1.165, 1.54) is 6.33 Å². The molecule has 3 N–H and O–H groups in total. The van der Waals surface area contributed by atoms with Crippen molar-refractivity contribution in [2.24, 2.45) is 5.92 Å². The maximum absolute atomic E-state index is 14.8. The molecule has 0 saturated carbocycles. The van der Waals surface area contributed by atoms with E-state index in [0.29, 0.717) is 34.4 Å². The predicted octanol–water partition coefficient (Wildman–Crippen LogP) is 4.00. The Labute approximate surface area is 243 Å².